The second-order valence-electron chi connectivity index (χ2n) is 28.4. The topological polar surface area (TPSA) is 105 Å². The highest BCUT2D eigenvalue weighted by molar-refractivity contribution is 7.47. The molecule has 0 rings (SSSR count). The number of aliphatic hydroxyl groups is 1. The van der Waals surface area contributed by atoms with E-state index < -0.39 is 20.0 Å². The van der Waals surface area contributed by atoms with Crippen LogP contribution in [0.25, 0.3) is 0 Å². The van der Waals surface area contributed by atoms with Gasteiger partial charge in [0.25, 0.3) is 0 Å². The van der Waals surface area contributed by atoms with Gasteiger partial charge in [-0.25, -0.2) is 4.57 Å². The lowest BCUT2D eigenvalue weighted by molar-refractivity contribution is -0.870. The van der Waals surface area contributed by atoms with E-state index in [0.717, 1.165) is 38.5 Å². The Morgan fingerprint density at radius 1 is 0.375 bits per heavy atom. The maximum absolute atomic E-state index is 13.1. The number of rotatable bonds is 74. The van der Waals surface area contributed by atoms with Crippen molar-refractivity contribution in [2.75, 3.05) is 40.9 Å². The van der Waals surface area contributed by atoms with Gasteiger partial charge in [-0.15, -0.1) is 0 Å². The molecule has 9 heteroatoms. The molecule has 0 aromatic heterocycles. The molecule has 3 unspecified atom stereocenters. The monoisotopic (exact) mass is 1260 g/mol. The summed E-state index contributed by atoms with van der Waals surface area (Å²) in [7, 11) is 1.58. The number of nitrogens with zero attached hydrogens (tertiary/aromatic N) is 1. The molecule has 0 aliphatic carbocycles. The fourth-order valence-electron chi connectivity index (χ4n) is 12.2. The van der Waals surface area contributed by atoms with Crippen LogP contribution >= 0.6 is 7.82 Å². The predicted molar refractivity (Wildman–Crippen MR) is 388 cm³/mol. The van der Waals surface area contributed by atoms with E-state index in [9.17, 15) is 19.4 Å². The van der Waals surface area contributed by atoms with E-state index in [1.54, 1.807) is 6.08 Å². The van der Waals surface area contributed by atoms with E-state index in [-0.39, 0.29) is 19.1 Å². The molecular weight excluding hydrogens is 1100 g/mol. The Balaban J connectivity index is 3.95. The Morgan fingerprint density at radius 2 is 0.625 bits per heavy atom. The zero-order chi connectivity index (χ0) is 64.1. The van der Waals surface area contributed by atoms with E-state index >= 15 is 0 Å². The Hall–Kier alpha value is -1.28. The third-order valence-electron chi connectivity index (χ3n) is 18.3. The summed E-state index contributed by atoms with van der Waals surface area (Å²) in [6.07, 6.45) is 94.9. The summed E-state index contributed by atoms with van der Waals surface area (Å²) in [6, 6.07) is -0.863. The number of phosphoric ester groups is 1. The first-order valence-electron chi connectivity index (χ1n) is 39.4. The lowest BCUT2D eigenvalue weighted by Gasteiger charge is -2.25. The largest absolute Gasteiger partial charge is 0.472 e. The lowest BCUT2D eigenvalue weighted by atomic mass is 10.0. The zero-order valence-corrected chi connectivity index (χ0v) is 60.9. The quantitative estimate of drug-likeness (QED) is 0.0243. The summed E-state index contributed by atoms with van der Waals surface area (Å²) in [5.74, 6) is -0.177. The molecule has 0 aromatic rings. The summed E-state index contributed by atoms with van der Waals surface area (Å²) in [5, 5.41) is 14.0. The van der Waals surface area contributed by atoms with Crippen molar-refractivity contribution in [3.63, 3.8) is 0 Å². The molecule has 0 saturated heterocycles. The first-order valence-corrected chi connectivity index (χ1v) is 40.9. The number of phosphoric acid groups is 1. The Bertz CT molecular complexity index is 1530. The van der Waals surface area contributed by atoms with Crippen LogP contribution in [0.5, 0.6) is 0 Å². The summed E-state index contributed by atoms with van der Waals surface area (Å²) in [4.78, 5) is 23.5. The summed E-state index contributed by atoms with van der Waals surface area (Å²) < 4.78 is 23.8. The normalized spacial score (nSPS) is 13.7. The van der Waals surface area contributed by atoms with Crippen molar-refractivity contribution in [1.29, 1.82) is 0 Å². The number of amides is 1. The highest BCUT2D eigenvalue weighted by Crippen LogP contribution is 2.43. The number of hydrogen-bond acceptors (Lipinski definition) is 5. The molecule has 3 N–H and O–H groups in total. The van der Waals surface area contributed by atoms with Crippen LogP contribution in [-0.2, 0) is 18.4 Å². The van der Waals surface area contributed by atoms with Crippen molar-refractivity contribution in [1.82, 2.24) is 5.32 Å². The van der Waals surface area contributed by atoms with Gasteiger partial charge in [0.15, 0.2) is 0 Å². The number of quaternary nitrogens is 1. The number of unbranched alkanes of at least 4 members (excludes halogenated alkanes) is 57. The van der Waals surface area contributed by atoms with Gasteiger partial charge in [-0.05, 0) is 57.8 Å². The summed E-state index contributed by atoms with van der Waals surface area (Å²) in [6.45, 7) is 4.86. The average Bonchev–Trinajstić information content (AvgIpc) is 3.70. The maximum atomic E-state index is 13.1. The van der Waals surface area contributed by atoms with E-state index in [4.69, 9.17) is 9.05 Å². The average molecular weight is 1260 g/mol. The standard InChI is InChI=1S/C79H155N2O6P/c1-6-8-10-12-14-16-18-20-22-24-26-28-30-32-34-35-36-37-38-39-40-41-42-43-44-45-47-49-51-53-55-57-59-61-63-65-67-69-71-73-79(83)80-77(76-87-88(84,85)86-75-74-81(3,4)5)78(82)72-70-68-66-64-62-60-58-56-54-52-50-48-46-33-31-29-27-25-23-21-19-17-15-13-11-9-7-2/h24,26,62,64,70,72,77-78,82H,6-23,25,27-61,63,65-69,71,73-76H2,1-5H3,(H-,80,83,84,85)/p+1/b26-24-,64-62+,72-70+. The first kappa shape index (κ1) is 86.7. The summed E-state index contributed by atoms with van der Waals surface area (Å²) in [5.41, 5.74) is 0. The number of allylic oxidation sites excluding steroid dienone is 5. The van der Waals surface area contributed by atoms with Crippen LogP contribution in [0, 0.1) is 0 Å². The van der Waals surface area contributed by atoms with Crippen LogP contribution < -0.4 is 5.32 Å². The van der Waals surface area contributed by atoms with Gasteiger partial charge in [0, 0.05) is 6.42 Å². The van der Waals surface area contributed by atoms with Crippen LogP contribution in [-0.4, -0.2) is 73.4 Å². The third kappa shape index (κ3) is 72.2. The molecule has 0 spiro atoms. The Kier molecular flexibility index (Phi) is 69.0. The number of aliphatic hydroxyl groups excluding tert-OH is 1. The molecule has 0 heterocycles. The van der Waals surface area contributed by atoms with Gasteiger partial charge in [0.2, 0.25) is 5.91 Å². The number of likely N-dealkylation sites (N-methyl/N-ethyl adjacent to an activating group) is 1. The number of hydrogen-bond donors (Lipinski definition) is 3. The number of carbonyl (C=O) groups excluding carboxylic acids is 1. The fraction of sp³-hybridized carbons (Fsp3) is 0.911. The molecule has 0 aromatic carbocycles. The predicted octanol–water partition coefficient (Wildman–Crippen LogP) is 25.6. The smallest absolute Gasteiger partial charge is 0.387 e. The third-order valence-corrected chi connectivity index (χ3v) is 19.3. The number of nitrogens with one attached hydrogen (secondary N) is 1. The molecule has 0 fully saturated rings. The molecule has 0 saturated carbocycles. The highest BCUT2D eigenvalue weighted by atomic mass is 31.2. The Labute approximate surface area is 550 Å². The molecule has 0 bridgehead atoms. The van der Waals surface area contributed by atoms with Crippen molar-refractivity contribution < 1.29 is 32.9 Å². The zero-order valence-electron chi connectivity index (χ0n) is 60.0. The second kappa shape index (κ2) is 70.0. The summed E-state index contributed by atoms with van der Waals surface area (Å²) >= 11 is 0. The minimum absolute atomic E-state index is 0.0585. The molecule has 8 nitrogen and oxygen atoms in total. The minimum atomic E-state index is -4.36. The van der Waals surface area contributed by atoms with Gasteiger partial charge in [-0.1, -0.05) is 384 Å². The van der Waals surface area contributed by atoms with Gasteiger partial charge < -0.3 is 19.8 Å². The molecule has 0 aliphatic heterocycles. The second-order valence-corrected chi connectivity index (χ2v) is 29.9. The van der Waals surface area contributed by atoms with Crippen molar-refractivity contribution in [3.8, 4) is 0 Å². The van der Waals surface area contributed by atoms with Crippen LogP contribution in [0.2, 0.25) is 0 Å². The minimum Gasteiger partial charge on any atom is -0.387 e. The fourth-order valence-corrected chi connectivity index (χ4v) is 13.0. The molecule has 3 atom stereocenters. The van der Waals surface area contributed by atoms with Gasteiger partial charge in [-0.3, -0.25) is 13.8 Å². The van der Waals surface area contributed by atoms with Crippen LogP contribution in [0.1, 0.15) is 412 Å². The Morgan fingerprint density at radius 3 is 0.909 bits per heavy atom. The molecule has 0 aliphatic rings. The van der Waals surface area contributed by atoms with Gasteiger partial charge in [0.05, 0.1) is 39.9 Å². The van der Waals surface area contributed by atoms with E-state index in [1.807, 2.05) is 27.2 Å². The first-order chi connectivity index (χ1) is 43.0. The van der Waals surface area contributed by atoms with Crippen LogP contribution in [0.15, 0.2) is 36.5 Å². The molecule has 522 valence electrons. The van der Waals surface area contributed by atoms with Crippen molar-refractivity contribution in [2.24, 2.45) is 0 Å². The number of carbonyl (C=O) groups is 1. The molecule has 88 heavy (non-hydrogen) atoms. The van der Waals surface area contributed by atoms with E-state index in [1.165, 1.54) is 353 Å². The lowest BCUT2D eigenvalue weighted by Crippen LogP contribution is -2.45. The van der Waals surface area contributed by atoms with Gasteiger partial charge in [-0.2, -0.15) is 0 Å². The van der Waals surface area contributed by atoms with Crippen molar-refractivity contribution in [2.45, 2.75) is 424 Å². The van der Waals surface area contributed by atoms with Gasteiger partial charge in [0.1, 0.15) is 13.2 Å². The molecule has 1 amide bonds. The highest BCUT2D eigenvalue weighted by Gasteiger charge is 2.28. The molecular formula is C79H156N2O6P+. The maximum Gasteiger partial charge on any atom is 0.472 e. The van der Waals surface area contributed by atoms with Crippen molar-refractivity contribution >= 4 is 13.7 Å². The van der Waals surface area contributed by atoms with Crippen LogP contribution in [0.3, 0.4) is 0 Å². The van der Waals surface area contributed by atoms with Crippen molar-refractivity contribution in [3.05, 3.63) is 36.5 Å². The van der Waals surface area contributed by atoms with Gasteiger partial charge >= 0.3 is 7.82 Å². The van der Waals surface area contributed by atoms with E-state index in [0.29, 0.717) is 17.4 Å². The molecule has 0 radical (unpaired) electrons. The van der Waals surface area contributed by atoms with E-state index in [2.05, 4.69) is 43.5 Å². The van der Waals surface area contributed by atoms with Crippen LogP contribution in [0.4, 0.5) is 0 Å². The SMILES string of the molecule is CCCCCCCCCC/C=C\CCCCCCCCCCCCCCCCCCCCCCCCCCCCCC(=O)NC(COP(=O)(O)OCC[N+](C)(C)C)C(O)/C=C/CC/C=C/CCCCCCCCCCCCCCCCCCCCCCC.